The third-order valence-corrected chi connectivity index (χ3v) is 4.23. The highest BCUT2D eigenvalue weighted by Crippen LogP contribution is 2.29. The number of methoxy groups -OCH3 is 1. The van der Waals surface area contributed by atoms with E-state index in [0.717, 1.165) is 22.4 Å². The molecule has 1 amide bonds. The minimum atomic E-state index is -0.169. The molecule has 5 nitrogen and oxygen atoms in total. The van der Waals surface area contributed by atoms with Crippen LogP contribution in [0.5, 0.6) is 17.2 Å². The summed E-state index contributed by atoms with van der Waals surface area (Å²) >= 11 is 0. The second kappa shape index (κ2) is 10.0. The van der Waals surface area contributed by atoms with Crippen molar-refractivity contribution in [3.05, 3.63) is 53.1 Å². The summed E-state index contributed by atoms with van der Waals surface area (Å²) in [5.41, 5.74) is 3.14. The zero-order chi connectivity index (χ0) is 20.7. The monoisotopic (exact) mass is 385 g/mol. The summed E-state index contributed by atoms with van der Waals surface area (Å²) in [4.78, 5) is 12.2. The second-order valence-electron chi connectivity index (χ2n) is 7.41. The molecule has 0 spiro atoms. The Hall–Kier alpha value is -2.69. The molecule has 152 valence electrons. The average Bonchev–Trinajstić information content (AvgIpc) is 2.64. The molecule has 0 saturated heterocycles. The number of carbonyl (C=O) groups is 1. The Morgan fingerprint density at radius 3 is 2.39 bits per heavy atom. The van der Waals surface area contributed by atoms with Gasteiger partial charge in [-0.1, -0.05) is 32.0 Å². The summed E-state index contributed by atoms with van der Waals surface area (Å²) < 4.78 is 16.9. The molecule has 0 bridgehead atoms. The van der Waals surface area contributed by atoms with Crippen molar-refractivity contribution in [3.8, 4) is 17.2 Å². The molecule has 2 aromatic carbocycles. The molecule has 0 aliphatic carbocycles. The minimum Gasteiger partial charge on any atom is -0.493 e. The normalized spacial score (nSPS) is 10.9. The predicted octanol–water partition coefficient (Wildman–Crippen LogP) is 4.61. The van der Waals surface area contributed by atoms with E-state index >= 15 is 0 Å². The first-order valence-corrected chi connectivity index (χ1v) is 9.63. The van der Waals surface area contributed by atoms with Crippen LogP contribution < -0.4 is 19.5 Å². The van der Waals surface area contributed by atoms with Gasteiger partial charge in [-0.15, -0.1) is 0 Å². The fourth-order valence-corrected chi connectivity index (χ4v) is 2.81. The van der Waals surface area contributed by atoms with Gasteiger partial charge in [-0.3, -0.25) is 4.79 Å². The van der Waals surface area contributed by atoms with Gasteiger partial charge in [-0.2, -0.15) is 0 Å². The van der Waals surface area contributed by atoms with E-state index in [-0.39, 0.29) is 18.6 Å². The standard InChI is InChI=1S/C23H31NO4/c1-15(2)19-9-7-17(5)11-21(19)27-14-23(25)24-13-18-8-10-20(28-16(3)4)22(12-18)26-6/h7-12,15-16H,13-14H2,1-6H3,(H,24,25). The quantitative estimate of drug-likeness (QED) is 0.685. The van der Waals surface area contributed by atoms with Crippen molar-refractivity contribution in [1.82, 2.24) is 5.32 Å². The Kier molecular flexibility index (Phi) is 7.73. The first-order valence-electron chi connectivity index (χ1n) is 9.63. The Morgan fingerprint density at radius 2 is 1.75 bits per heavy atom. The third-order valence-electron chi connectivity index (χ3n) is 4.23. The van der Waals surface area contributed by atoms with Crippen LogP contribution in [0.4, 0.5) is 0 Å². The van der Waals surface area contributed by atoms with Gasteiger partial charge in [-0.05, 0) is 61.6 Å². The van der Waals surface area contributed by atoms with Gasteiger partial charge in [0.05, 0.1) is 13.2 Å². The number of aryl methyl sites for hydroxylation is 1. The van der Waals surface area contributed by atoms with Gasteiger partial charge in [0, 0.05) is 6.54 Å². The van der Waals surface area contributed by atoms with Crippen molar-refractivity contribution in [2.75, 3.05) is 13.7 Å². The van der Waals surface area contributed by atoms with Crippen molar-refractivity contribution in [2.45, 2.75) is 53.2 Å². The van der Waals surface area contributed by atoms with Gasteiger partial charge in [0.15, 0.2) is 18.1 Å². The average molecular weight is 386 g/mol. The molecule has 1 N–H and O–H groups in total. The van der Waals surface area contributed by atoms with Crippen LogP contribution in [0.2, 0.25) is 0 Å². The lowest BCUT2D eigenvalue weighted by Gasteiger charge is -2.16. The van der Waals surface area contributed by atoms with Crippen LogP contribution in [0.1, 0.15) is 50.3 Å². The highest BCUT2D eigenvalue weighted by molar-refractivity contribution is 5.77. The molecule has 2 aromatic rings. The zero-order valence-electron chi connectivity index (χ0n) is 17.7. The number of benzene rings is 2. The third kappa shape index (κ3) is 6.19. The molecule has 0 radical (unpaired) electrons. The smallest absolute Gasteiger partial charge is 0.258 e. The fourth-order valence-electron chi connectivity index (χ4n) is 2.81. The van der Waals surface area contributed by atoms with Gasteiger partial charge >= 0.3 is 0 Å². The van der Waals surface area contributed by atoms with Gasteiger partial charge < -0.3 is 19.5 Å². The van der Waals surface area contributed by atoms with Crippen LogP contribution in [0, 0.1) is 6.92 Å². The first-order chi connectivity index (χ1) is 13.3. The second-order valence-corrected chi connectivity index (χ2v) is 7.41. The van der Waals surface area contributed by atoms with E-state index in [1.807, 2.05) is 45.0 Å². The van der Waals surface area contributed by atoms with E-state index in [9.17, 15) is 4.79 Å². The van der Waals surface area contributed by atoms with E-state index in [1.54, 1.807) is 7.11 Å². The van der Waals surface area contributed by atoms with Crippen molar-refractivity contribution in [3.63, 3.8) is 0 Å². The number of nitrogens with one attached hydrogen (secondary N) is 1. The Bertz CT molecular complexity index is 799. The van der Waals surface area contributed by atoms with Crippen molar-refractivity contribution >= 4 is 5.91 Å². The largest absolute Gasteiger partial charge is 0.493 e. The maximum absolute atomic E-state index is 12.2. The molecule has 0 heterocycles. The molecular formula is C23H31NO4. The summed E-state index contributed by atoms with van der Waals surface area (Å²) in [7, 11) is 1.60. The van der Waals surface area contributed by atoms with Gasteiger partial charge in [-0.25, -0.2) is 0 Å². The molecule has 0 aliphatic heterocycles. The van der Waals surface area contributed by atoms with E-state index in [0.29, 0.717) is 24.0 Å². The van der Waals surface area contributed by atoms with Crippen molar-refractivity contribution in [1.29, 1.82) is 0 Å². The van der Waals surface area contributed by atoms with Crippen molar-refractivity contribution in [2.24, 2.45) is 0 Å². The van der Waals surface area contributed by atoms with Crippen molar-refractivity contribution < 1.29 is 19.0 Å². The van der Waals surface area contributed by atoms with Crippen LogP contribution in [0.25, 0.3) is 0 Å². The SMILES string of the molecule is COc1cc(CNC(=O)COc2cc(C)ccc2C(C)C)ccc1OC(C)C. The number of hydrogen-bond acceptors (Lipinski definition) is 4. The van der Waals surface area contributed by atoms with Crippen LogP contribution in [-0.4, -0.2) is 25.7 Å². The minimum absolute atomic E-state index is 0.0190. The predicted molar refractivity (Wildman–Crippen MR) is 111 cm³/mol. The highest BCUT2D eigenvalue weighted by Gasteiger charge is 2.11. The first kappa shape index (κ1) is 21.6. The molecule has 0 fully saturated rings. The maximum Gasteiger partial charge on any atom is 0.258 e. The zero-order valence-corrected chi connectivity index (χ0v) is 17.7. The lowest BCUT2D eigenvalue weighted by molar-refractivity contribution is -0.123. The lowest BCUT2D eigenvalue weighted by atomic mass is 10.0. The topological polar surface area (TPSA) is 56.8 Å². The van der Waals surface area contributed by atoms with E-state index < -0.39 is 0 Å². The highest BCUT2D eigenvalue weighted by atomic mass is 16.5. The van der Waals surface area contributed by atoms with Gasteiger partial charge in [0.25, 0.3) is 5.91 Å². The molecule has 5 heteroatoms. The molecule has 0 saturated carbocycles. The molecule has 28 heavy (non-hydrogen) atoms. The summed E-state index contributed by atoms with van der Waals surface area (Å²) in [6.45, 7) is 10.5. The number of amides is 1. The Balaban J connectivity index is 1.93. The van der Waals surface area contributed by atoms with Crippen LogP contribution in [-0.2, 0) is 11.3 Å². The number of rotatable bonds is 9. The maximum atomic E-state index is 12.2. The Morgan fingerprint density at radius 1 is 1.00 bits per heavy atom. The van der Waals surface area contributed by atoms with Gasteiger partial charge in [0.1, 0.15) is 5.75 Å². The molecule has 0 unspecified atom stereocenters. The van der Waals surface area contributed by atoms with Crippen LogP contribution in [0.3, 0.4) is 0 Å². The Labute approximate surface area is 168 Å². The van der Waals surface area contributed by atoms with E-state index in [1.165, 1.54) is 0 Å². The van der Waals surface area contributed by atoms with Crippen LogP contribution in [0.15, 0.2) is 36.4 Å². The number of hydrogen-bond donors (Lipinski definition) is 1. The fraction of sp³-hybridized carbons (Fsp3) is 0.435. The molecule has 0 aliphatic rings. The van der Waals surface area contributed by atoms with E-state index in [4.69, 9.17) is 14.2 Å². The summed E-state index contributed by atoms with van der Waals surface area (Å²) in [6.07, 6.45) is 0.0638. The molecule has 0 aromatic heterocycles. The van der Waals surface area contributed by atoms with E-state index in [2.05, 4.69) is 31.3 Å². The summed E-state index contributed by atoms with van der Waals surface area (Å²) in [5.74, 6) is 2.27. The van der Waals surface area contributed by atoms with Gasteiger partial charge in [0.2, 0.25) is 0 Å². The molecule has 2 rings (SSSR count). The summed E-state index contributed by atoms with van der Waals surface area (Å²) in [5, 5.41) is 2.88. The number of carbonyl (C=O) groups excluding carboxylic acids is 1. The lowest BCUT2D eigenvalue weighted by Crippen LogP contribution is -2.28. The molecular weight excluding hydrogens is 354 g/mol. The summed E-state index contributed by atoms with van der Waals surface area (Å²) in [6, 6.07) is 11.7. The van der Waals surface area contributed by atoms with Crippen LogP contribution >= 0.6 is 0 Å². The molecule has 0 atom stereocenters. The number of ether oxygens (including phenoxy) is 3.